The molecule has 0 aliphatic heterocycles. The lowest BCUT2D eigenvalue weighted by molar-refractivity contribution is -0.393. The first-order chi connectivity index (χ1) is 14.8. The highest BCUT2D eigenvalue weighted by Crippen LogP contribution is 2.46. The molecule has 1 aliphatic carbocycles. The largest absolute Gasteiger partial charge is 0.284 e. The smallest absolute Gasteiger partial charge is 0.258 e. The molecule has 0 saturated heterocycles. The van der Waals surface area contributed by atoms with Gasteiger partial charge in [-0.05, 0) is 35.7 Å². The average molecular weight is 418 g/mol. The van der Waals surface area contributed by atoms with Crippen molar-refractivity contribution in [3.63, 3.8) is 0 Å². The maximum atomic E-state index is 11.7. The van der Waals surface area contributed by atoms with E-state index >= 15 is 0 Å². The Labute approximate surface area is 174 Å². The summed E-state index contributed by atoms with van der Waals surface area (Å²) in [6, 6.07) is 13.3. The molecular weight excluding hydrogens is 404 g/mol. The Balaban J connectivity index is 2.07. The maximum Gasteiger partial charge on any atom is 0.284 e. The predicted molar refractivity (Wildman–Crippen MR) is 113 cm³/mol. The van der Waals surface area contributed by atoms with Crippen LogP contribution < -0.4 is 0 Å². The van der Waals surface area contributed by atoms with Gasteiger partial charge in [-0.15, -0.1) is 0 Å². The van der Waals surface area contributed by atoms with E-state index in [0.717, 1.165) is 18.1 Å². The van der Waals surface area contributed by atoms with Gasteiger partial charge in [0.15, 0.2) is 0 Å². The minimum absolute atomic E-state index is 0.158. The van der Waals surface area contributed by atoms with E-state index in [2.05, 4.69) is 4.99 Å². The van der Waals surface area contributed by atoms with Gasteiger partial charge in [-0.3, -0.25) is 30.3 Å². The lowest BCUT2D eigenvalue weighted by Crippen LogP contribution is -2.01. The summed E-state index contributed by atoms with van der Waals surface area (Å²) in [5.41, 5.74) is 1.67. The van der Waals surface area contributed by atoms with E-state index in [9.17, 15) is 30.3 Å². The minimum Gasteiger partial charge on any atom is -0.258 e. The van der Waals surface area contributed by atoms with Gasteiger partial charge in [-0.1, -0.05) is 19.1 Å². The highest BCUT2D eigenvalue weighted by Gasteiger charge is 2.35. The summed E-state index contributed by atoms with van der Waals surface area (Å²) in [5, 5.41) is 34.4. The molecule has 0 aromatic heterocycles. The van der Waals surface area contributed by atoms with E-state index in [0.29, 0.717) is 16.8 Å². The standard InChI is InChI=1S/C21H14N4O6/c1-2-12-4-3-5-13(8-12)22-21-17-9-14(23(26)27)6-7-16(17)20-18(21)10-15(24(28)29)11-19(20)25(30)31/h3-11H,2H2,1H3. The first kappa shape index (κ1) is 19.8. The number of nitrogens with zero attached hydrogens (tertiary/aromatic N) is 4. The van der Waals surface area contributed by atoms with E-state index in [-0.39, 0.29) is 22.5 Å². The number of nitro benzene ring substituents is 3. The van der Waals surface area contributed by atoms with E-state index in [1.54, 1.807) is 12.1 Å². The topological polar surface area (TPSA) is 142 Å². The second-order valence-corrected chi connectivity index (χ2v) is 6.87. The van der Waals surface area contributed by atoms with E-state index < -0.39 is 26.1 Å². The van der Waals surface area contributed by atoms with Crippen LogP contribution in [0.2, 0.25) is 0 Å². The molecule has 0 amide bonds. The predicted octanol–water partition coefficient (Wildman–Crippen LogP) is 5.12. The number of aliphatic imine (C=N–C) groups is 1. The molecule has 3 aromatic rings. The van der Waals surface area contributed by atoms with Crippen molar-refractivity contribution in [1.29, 1.82) is 0 Å². The van der Waals surface area contributed by atoms with E-state index in [1.807, 2.05) is 19.1 Å². The number of benzene rings is 3. The molecule has 3 aromatic carbocycles. The third-order valence-corrected chi connectivity index (χ3v) is 5.06. The first-order valence-corrected chi connectivity index (χ1v) is 9.24. The van der Waals surface area contributed by atoms with Crippen molar-refractivity contribution in [2.24, 2.45) is 4.99 Å². The Morgan fingerprint density at radius 1 is 0.774 bits per heavy atom. The third-order valence-electron chi connectivity index (χ3n) is 5.06. The summed E-state index contributed by atoms with van der Waals surface area (Å²) in [7, 11) is 0. The number of fused-ring (bicyclic) bond motifs is 3. The van der Waals surface area contributed by atoms with Crippen LogP contribution in [0.4, 0.5) is 22.7 Å². The molecule has 10 heteroatoms. The number of hydrogen-bond acceptors (Lipinski definition) is 7. The van der Waals surface area contributed by atoms with Gasteiger partial charge < -0.3 is 0 Å². The zero-order valence-electron chi connectivity index (χ0n) is 16.1. The number of rotatable bonds is 5. The molecule has 10 nitrogen and oxygen atoms in total. The summed E-state index contributed by atoms with van der Waals surface area (Å²) in [6.45, 7) is 1.97. The minimum atomic E-state index is -0.714. The highest BCUT2D eigenvalue weighted by molar-refractivity contribution is 6.27. The SMILES string of the molecule is CCc1cccc(N=C2c3cc([N+](=O)[O-])ccc3-c3c2cc([N+](=O)[O-])cc3[N+](=O)[O-])c1. The van der Waals surface area contributed by atoms with Gasteiger partial charge in [0.05, 0.1) is 37.8 Å². The van der Waals surface area contributed by atoms with Crippen molar-refractivity contribution in [2.75, 3.05) is 0 Å². The number of hydrogen-bond donors (Lipinski definition) is 0. The fourth-order valence-electron chi connectivity index (χ4n) is 3.63. The first-order valence-electron chi connectivity index (χ1n) is 9.24. The Bertz CT molecular complexity index is 1320. The van der Waals surface area contributed by atoms with Gasteiger partial charge in [0.2, 0.25) is 0 Å². The lowest BCUT2D eigenvalue weighted by Gasteiger charge is -2.04. The number of nitro groups is 3. The average Bonchev–Trinajstić information content (AvgIpc) is 3.06. The maximum absolute atomic E-state index is 11.7. The Kier molecular flexibility index (Phi) is 4.74. The molecule has 0 unspecified atom stereocenters. The van der Waals surface area contributed by atoms with Crippen LogP contribution >= 0.6 is 0 Å². The normalized spacial score (nSPS) is 13.0. The van der Waals surface area contributed by atoms with Crippen LogP contribution in [0.15, 0.2) is 59.6 Å². The molecule has 31 heavy (non-hydrogen) atoms. The van der Waals surface area contributed by atoms with Crippen molar-refractivity contribution in [3.8, 4) is 11.1 Å². The fraction of sp³-hybridized carbons (Fsp3) is 0.0952. The molecule has 1 aliphatic rings. The second kappa shape index (κ2) is 7.41. The molecule has 0 heterocycles. The van der Waals surface area contributed by atoms with Crippen LogP contribution in [-0.2, 0) is 6.42 Å². The van der Waals surface area contributed by atoms with Crippen LogP contribution in [0.3, 0.4) is 0 Å². The molecule has 0 radical (unpaired) electrons. The molecule has 4 rings (SSSR count). The van der Waals surface area contributed by atoms with Gasteiger partial charge in [0, 0.05) is 29.3 Å². The Hall–Kier alpha value is -4.47. The van der Waals surface area contributed by atoms with Crippen LogP contribution in [0, 0.1) is 30.3 Å². The molecule has 0 bridgehead atoms. The highest BCUT2D eigenvalue weighted by atomic mass is 16.6. The van der Waals surface area contributed by atoms with Gasteiger partial charge >= 0.3 is 0 Å². The van der Waals surface area contributed by atoms with Crippen molar-refractivity contribution < 1.29 is 14.8 Å². The van der Waals surface area contributed by atoms with E-state index in [4.69, 9.17) is 0 Å². The second-order valence-electron chi connectivity index (χ2n) is 6.87. The van der Waals surface area contributed by atoms with E-state index in [1.165, 1.54) is 24.3 Å². The van der Waals surface area contributed by atoms with Crippen molar-refractivity contribution in [2.45, 2.75) is 13.3 Å². The molecule has 0 saturated carbocycles. The summed E-state index contributed by atoms with van der Waals surface area (Å²) in [6.07, 6.45) is 0.758. The third kappa shape index (κ3) is 3.39. The zero-order chi connectivity index (χ0) is 22.3. The van der Waals surface area contributed by atoms with Gasteiger partial charge in [-0.2, -0.15) is 0 Å². The molecule has 154 valence electrons. The number of aryl methyl sites for hydroxylation is 1. The van der Waals surface area contributed by atoms with Gasteiger partial charge in [-0.25, -0.2) is 4.99 Å². The summed E-state index contributed by atoms with van der Waals surface area (Å²) in [4.78, 5) is 37.0. The molecule has 0 spiro atoms. The summed E-state index contributed by atoms with van der Waals surface area (Å²) in [5.74, 6) is 0. The summed E-state index contributed by atoms with van der Waals surface area (Å²) < 4.78 is 0. The summed E-state index contributed by atoms with van der Waals surface area (Å²) >= 11 is 0. The molecular formula is C21H14N4O6. The van der Waals surface area contributed by atoms with Crippen molar-refractivity contribution >= 4 is 28.5 Å². The molecule has 0 fully saturated rings. The van der Waals surface area contributed by atoms with Crippen molar-refractivity contribution in [1.82, 2.24) is 0 Å². The fourth-order valence-corrected chi connectivity index (χ4v) is 3.63. The molecule has 0 N–H and O–H groups in total. The lowest BCUT2D eigenvalue weighted by atomic mass is 10.0. The van der Waals surface area contributed by atoms with Crippen LogP contribution in [0.5, 0.6) is 0 Å². The van der Waals surface area contributed by atoms with Gasteiger partial charge in [0.25, 0.3) is 17.1 Å². The Morgan fingerprint density at radius 2 is 1.48 bits per heavy atom. The van der Waals surface area contributed by atoms with Crippen LogP contribution in [0.25, 0.3) is 11.1 Å². The monoisotopic (exact) mass is 418 g/mol. The van der Waals surface area contributed by atoms with Crippen LogP contribution in [0.1, 0.15) is 23.6 Å². The Morgan fingerprint density at radius 3 is 2.13 bits per heavy atom. The van der Waals surface area contributed by atoms with Crippen molar-refractivity contribution in [3.05, 3.63) is 102 Å². The number of non-ortho nitro benzene ring substituents is 2. The quantitative estimate of drug-likeness (QED) is 0.325. The van der Waals surface area contributed by atoms with Gasteiger partial charge in [0.1, 0.15) is 0 Å². The zero-order valence-corrected chi connectivity index (χ0v) is 16.1. The van der Waals surface area contributed by atoms with Crippen LogP contribution in [-0.4, -0.2) is 20.5 Å². The molecule has 0 atom stereocenters.